The molecule has 2 nitrogen and oxygen atoms in total. The van der Waals surface area contributed by atoms with Gasteiger partial charge in [-0.25, -0.2) is 13.5 Å². The zero-order chi connectivity index (χ0) is 10.8. The molecule has 0 fully saturated rings. The molecule has 1 aromatic carbocycles. The number of alkyl halides is 1. The summed E-state index contributed by atoms with van der Waals surface area (Å²) in [5, 5.41) is 4.03. The lowest BCUT2D eigenvalue weighted by atomic mass is 10.3. The summed E-state index contributed by atoms with van der Waals surface area (Å²) in [6.45, 7) is 0. The Balaban J connectivity index is 2.44. The van der Waals surface area contributed by atoms with Crippen LogP contribution in [0.4, 0.5) is 8.78 Å². The zero-order valence-electron chi connectivity index (χ0n) is 7.62. The van der Waals surface area contributed by atoms with E-state index >= 15 is 0 Å². The van der Waals surface area contributed by atoms with Crippen LogP contribution in [0.25, 0.3) is 5.69 Å². The van der Waals surface area contributed by atoms with E-state index in [0.29, 0.717) is 11.4 Å². The molecular weight excluding hydrogens is 222 g/mol. The van der Waals surface area contributed by atoms with Gasteiger partial charge in [0.2, 0.25) is 0 Å². The molecule has 1 heterocycles. The highest BCUT2D eigenvalue weighted by molar-refractivity contribution is 6.16. The molecule has 2 aromatic rings. The van der Waals surface area contributed by atoms with Crippen LogP contribution in [-0.4, -0.2) is 9.78 Å². The van der Waals surface area contributed by atoms with Gasteiger partial charge in [0.05, 0.1) is 17.3 Å². The molecule has 0 atom stereocenters. The minimum atomic E-state index is -0.632. The molecule has 0 unspecified atom stereocenters. The highest BCUT2D eigenvalue weighted by Crippen LogP contribution is 2.13. The molecule has 1 aromatic heterocycles. The fourth-order valence-electron chi connectivity index (χ4n) is 1.25. The third-order valence-corrected chi connectivity index (χ3v) is 2.17. The van der Waals surface area contributed by atoms with Gasteiger partial charge in [0.1, 0.15) is 11.6 Å². The minimum absolute atomic E-state index is 0.269. The molecule has 0 amide bonds. The number of rotatable bonds is 2. The fraction of sp³-hybridized carbons (Fsp3) is 0.100. The average Bonchev–Trinajstić information content (AvgIpc) is 2.64. The van der Waals surface area contributed by atoms with Gasteiger partial charge in [-0.3, -0.25) is 0 Å². The Hall–Kier alpha value is -1.42. The van der Waals surface area contributed by atoms with Crippen LogP contribution < -0.4 is 0 Å². The van der Waals surface area contributed by atoms with Crippen molar-refractivity contribution in [1.82, 2.24) is 9.78 Å². The van der Waals surface area contributed by atoms with E-state index in [-0.39, 0.29) is 5.88 Å². The van der Waals surface area contributed by atoms with E-state index in [9.17, 15) is 8.78 Å². The van der Waals surface area contributed by atoms with Gasteiger partial charge < -0.3 is 0 Å². The normalized spacial score (nSPS) is 10.6. The van der Waals surface area contributed by atoms with E-state index in [1.165, 1.54) is 16.8 Å². The first-order valence-corrected chi connectivity index (χ1v) is 4.79. The molecule has 15 heavy (non-hydrogen) atoms. The maximum atomic E-state index is 12.9. The first-order valence-electron chi connectivity index (χ1n) is 4.26. The van der Waals surface area contributed by atoms with Gasteiger partial charge >= 0.3 is 0 Å². The number of hydrogen-bond donors (Lipinski definition) is 0. The lowest BCUT2D eigenvalue weighted by molar-refractivity contribution is 0.580. The zero-order valence-corrected chi connectivity index (χ0v) is 8.38. The number of aromatic nitrogens is 2. The summed E-state index contributed by atoms with van der Waals surface area (Å²) in [5.74, 6) is -0.994. The van der Waals surface area contributed by atoms with Gasteiger partial charge in [-0.05, 0) is 18.2 Å². The van der Waals surface area contributed by atoms with Gasteiger partial charge in [-0.2, -0.15) is 5.10 Å². The first kappa shape index (κ1) is 10.1. The van der Waals surface area contributed by atoms with Crippen LogP contribution in [0.15, 0.2) is 30.5 Å². The molecule has 0 aliphatic carbocycles. The van der Waals surface area contributed by atoms with Gasteiger partial charge in [-0.1, -0.05) is 0 Å². The Kier molecular flexibility index (Phi) is 2.68. The van der Waals surface area contributed by atoms with Crippen molar-refractivity contribution in [3.63, 3.8) is 0 Å². The highest BCUT2D eigenvalue weighted by atomic mass is 35.5. The molecule has 0 aliphatic heterocycles. The second kappa shape index (κ2) is 3.98. The second-order valence-corrected chi connectivity index (χ2v) is 3.28. The third kappa shape index (κ3) is 2.15. The van der Waals surface area contributed by atoms with Crippen LogP contribution in [0.3, 0.4) is 0 Å². The number of benzene rings is 1. The Morgan fingerprint density at radius 1 is 1.20 bits per heavy atom. The van der Waals surface area contributed by atoms with Crippen molar-refractivity contribution in [1.29, 1.82) is 0 Å². The Morgan fingerprint density at radius 3 is 2.40 bits per heavy atom. The lowest BCUT2D eigenvalue weighted by Gasteiger charge is -2.01. The lowest BCUT2D eigenvalue weighted by Crippen LogP contribution is -1.97. The second-order valence-electron chi connectivity index (χ2n) is 3.01. The third-order valence-electron chi connectivity index (χ3n) is 1.89. The maximum Gasteiger partial charge on any atom is 0.128 e. The van der Waals surface area contributed by atoms with E-state index in [1.807, 2.05) is 0 Å². The van der Waals surface area contributed by atoms with E-state index in [2.05, 4.69) is 5.10 Å². The molecule has 0 spiro atoms. The Morgan fingerprint density at radius 2 is 1.87 bits per heavy atom. The highest BCUT2D eigenvalue weighted by Gasteiger charge is 2.04. The van der Waals surface area contributed by atoms with Crippen molar-refractivity contribution in [2.75, 3.05) is 0 Å². The molecule has 0 saturated carbocycles. The molecule has 0 radical (unpaired) electrons. The number of halogens is 3. The Labute approximate surface area is 90.1 Å². The van der Waals surface area contributed by atoms with Crippen LogP contribution in [0.1, 0.15) is 5.69 Å². The van der Waals surface area contributed by atoms with Crippen LogP contribution in [0.2, 0.25) is 0 Å². The van der Waals surface area contributed by atoms with E-state index in [0.717, 1.165) is 6.07 Å². The van der Waals surface area contributed by atoms with Gasteiger partial charge in [0.25, 0.3) is 0 Å². The molecule has 78 valence electrons. The van der Waals surface area contributed by atoms with Crippen molar-refractivity contribution in [2.24, 2.45) is 0 Å². The van der Waals surface area contributed by atoms with Crippen LogP contribution in [0, 0.1) is 11.6 Å². The van der Waals surface area contributed by atoms with Gasteiger partial charge in [0, 0.05) is 12.3 Å². The number of hydrogen-bond acceptors (Lipinski definition) is 1. The van der Waals surface area contributed by atoms with Crippen LogP contribution >= 0.6 is 11.6 Å². The Bertz CT molecular complexity index is 462. The van der Waals surface area contributed by atoms with E-state index in [4.69, 9.17) is 11.6 Å². The molecule has 2 rings (SSSR count). The quantitative estimate of drug-likeness (QED) is 0.723. The molecule has 0 bridgehead atoms. The predicted octanol–water partition coefficient (Wildman–Crippen LogP) is 2.89. The van der Waals surface area contributed by atoms with Crippen LogP contribution in [0.5, 0.6) is 0 Å². The molecule has 5 heteroatoms. The fourth-order valence-corrected chi connectivity index (χ4v) is 1.39. The summed E-state index contributed by atoms with van der Waals surface area (Å²) in [7, 11) is 0. The maximum absolute atomic E-state index is 12.9. The smallest absolute Gasteiger partial charge is 0.128 e. The monoisotopic (exact) mass is 228 g/mol. The SMILES string of the molecule is Fc1cc(F)cc(-n2ccc(CCl)n2)c1. The van der Waals surface area contributed by atoms with Crippen molar-refractivity contribution in [2.45, 2.75) is 5.88 Å². The summed E-state index contributed by atoms with van der Waals surface area (Å²) in [6, 6.07) is 4.91. The number of nitrogens with zero attached hydrogens (tertiary/aromatic N) is 2. The van der Waals surface area contributed by atoms with Gasteiger partial charge in [-0.15, -0.1) is 11.6 Å². The van der Waals surface area contributed by atoms with Crippen LogP contribution in [-0.2, 0) is 5.88 Å². The van der Waals surface area contributed by atoms with Crippen molar-refractivity contribution in [3.8, 4) is 5.69 Å². The van der Waals surface area contributed by atoms with Crippen molar-refractivity contribution in [3.05, 3.63) is 47.8 Å². The average molecular weight is 229 g/mol. The van der Waals surface area contributed by atoms with Gasteiger partial charge in [0.15, 0.2) is 0 Å². The van der Waals surface area contributed by atoms with E-state index in [1.54, 1.807) is 12.3 Å². The summed E-state index contributed by atoms with van der Waals surface area (Å²) in [5.41, 5.74) is 0.991. The summed E-state index contributed by atoms with van der Waals surface area (Å²) >= 11 is 5.57. The largest absolute Gasteiger partial charge is 0.240 e. The molecule has 0 N–H and O–H groups in total. The summed E-state index contributed by atoms with van der Waals surface area (Å²) in [4.78, 5) is 0. The van der Waals surface area contributed by atoms with Crippen molar-refractivity contribution < 1.29 is 8.78 Å². The molecule has 0 saturated heterocycles. The topological polar surface area (TPSA) is 17.8 Å². The molecular formula is C10H7ClF2N2. The first-order chi connectivity index (χ1) is 7.19. The van der Waals surface area contributed by atoms with E-state index < -0.39 is 11.6 Å². The minimum Gasteiger partial charge on any atom is -0.240 e. The standard InChI is InChI=1S/C10H7ClF2N2/c11-6-9-1-2-15(14-9)10-4-7(12)3-8(13)5-10/h1-5H,6H2. The predicted molar refractivity (Wildman–Crippen MR) is 53.0 cm³/mol. The summed E-state index contributed by atoms with van der Waals surface area (Å²) < 4.78 is 27.2. The molecule has 0 aliphatic rings. The summed E-state index contributed by atoms with van der Waals surface area (Å²) in [6.07, 6.45) is 1.60. The van der Waals surface area contributed by atoms with Crippen molar-refractivity contribution >= 4 is 11.6 Å².